The first kappa shape index (κ1) is 11.9. The van der Waals surface area contributed by atoms with Crippen molar-refractivity contribution in [2.45, 2.75) is 6.92 Å². The third-order valence-electron chi connectivity index (χ3n) is 2.46. The molecule has 0 heterocycles. The van der Waals surface area contributed by atoms with Gasteiger partial charge in [-0.1, -0.05) is 22.0 Å². The number of anilines is 3. The molecule has 0 aromatic heterocycles. The average Bonchev–Trinajstić information content (AvgIpc) is 2.29. The maximum absolute atomic E-state index is 13.3. The summed E-state index contributed by atoms with van der Waals surface area (Å²) in [7, 11) is 0. The predicted molar refractivity (Wildman–Crippen MR) is 73.0 cm³/mol. The molecule has 0 aliphatic carbocycles. The summed E-state index contributed by atoms with van der Waals surface area (Å²) < 4.78 is 14.3. The average molecular weight is 295 g/mol. The number of aryl methyl sites for hydroxylation is 1. The molecule has 4 heteroatoms. The van der Waals surface area contributed by atoms with Gasteiger partial charge in [-0.25, -0.2) is 4.39 Å². The van der Waals surface area contributed by atoms with E-state index in [0.717, 1.165) is 15.7 Å². The van der Waals surface area contributed by atoms with Gasteiger partial charge in [0.25, 0.3) is 0 Å². The number of nitrogens with one attached hydrogen (secondary N) is 1. The van der Waals surface area contributed by atoms with Gasteiger partial charge < -0.3 is 11.1 Å². The molecule has 3 N–H and O–H groups in total. The zero-order valence-electron chi connectivity index (χ0n) is 9.30. The van der Waals surface area contributed by atoms with Gasteiger partial charge in [-0.3, -0.25) is 0 Å². The van der Waals surface area contributed by atoms with Crippen LogP contribution in [-0.2, 0) is 0 Å². The van der Waals surface area contributed by atoms with Crippen molar-refractivity contribution in [3.05, 3.63) is 52.3 Å². The van der Waals surface area contributed by atoms with Gasteiger partial charge in [0.1, 0.15) is 5.82 Å². The zero-order valence-corrected chi connectivity index (χ0v) is 10.9. The Kier molecular flexibility index (Phi) is 3.33. The minimum atomic E-state index is -0.416. The summed E-state index contributed by atoms with van der Waals surface area (Å²) in [5.41, 5.74) is 8.29. The quantitative estimate of drug-likeness (QED) is 0.814. The highest BCUT2D eigenvalue weighted by atomic mass is 79.9. The minimum absolute atomic E-state index is 0.153. The molecular weight excluding hydrogens is 283 g/mol. The Bertz CT molecular complexity index is 506. The third kappa shape index (κ3) is 2.77. The lowest BCUT2D eigenvalue weighted by atomic mass is 10.2. The lowest BCUT2D eigenvalue weighted by Gasteiger charge is -2.08. The molecule has 2 rings (SSSR count). The molecule has 0 fully saturated rings. The second-order valence-corrected chi connectivity index (χ2v) is 4.68. The largest absolute Gasteiger partial charge is 0.396 e. The van der Waals surface area contributed by atoms with Gasteiger partial charge in [0, 0.05) is 15.8 Å². The number of halogens is 2. The van der Waals surface area contributed by atoms with Crippen molar-refractivity contribution in [3.63, 3.8) is 0 Å². The van der Waals surface area contributed by atoms with Crippen LogP contribution in [0.25, 0.3) is 0 Å². The molecule has 0 bridgehead atoms. The van der Waals surface area contributed by atoms with Gasteiger partial charge in [0.2, 0.25) is 0 Å². The Morgan fingerprint density at radius 1 is 1.12 bits per heavy atom. The van der Waals surface area contributed by atoms with Gasteiger partial charge in [-0.05, 0) is 42.8 Å². The van der Waals surface area contributed by atoms with Crippen LogP contribution in [0, 0.1) is 12.7 Å². The lowest BCUT2D eigenvalue weighted by Crippen LogP contribution is -1.94. The third-order valence-corrected chi connectivity index (χ3v) is 3.32. The molecule has 0 amide bonds. The smallest absolute Gasteiger partial charge is 0.148 e. The minimum Gasteiger partial charge on any atom is -0.396 e. The van der Waals surface area contributed by atoms with Crippen LogP contribution in [0.2, 0.25) is 0 Å². The summed E-state index contributed by atoms with van der Waals surface area (Å²) in [6.07, 6.45) is 0. The zero-order chi connectivity index (χ0) is 12.4. The predicted octanol–water partition coefficient (Wildman–Crippen LogP) is 4.22. The topological polar surface area (TPSA) is 38.0 Å². The van der Waals surface area contributed by atoms with E-state index in [1.165, 1.54) is 6.07 Å². The van der Waals surface area contributed by atoms with Gasteiger partial charge in [-0.2, -0.15) is 0 Å². The second kappa shape index (κ2) is 4.75. The standard InChI is InChI=1S/C13H12BrFN2/c1-8-2-3-9(6-11(8)14)17-10-4-5-13(16)12(15)7-10/h2-7,17H,16H2,1H3. The Hall–Kier alpha value is -1.55. The lowest BCUT2D eigenvalue weighted by molar-refractivity contribution is 0.633. The Balaban J connectivity index is 2.25. The maximum Gasteiger partial charge on any atom is 0.148 e. The number of benzene rings is 2. The monoisotopic (exact) mass is 294 g/mol. The van der Waals surface area contributed by atoms with Crippen molar-refractivity contribution < 1.29 is 4.39 Å². The fourth-order valence-corrected chi connectivity index (χ4v) is 1.82. The molecule has 0 unspecified atom stereocenters. The number of hydrogen-bond donors (Lipinski definition) is 2. The summed E-state index contributed by atoms with van der Waals surface area (Å²) in [6.45, 7) is 2.01. The van der Waals surface area contributed by atoms with Crippen molar-refractivity contribution >= 4 is 33.0 Å². The highest BCUT2D eigenvalue weighted by Gasteiger charge is 2.01. The van der Waals surface area contributed by atoms with E-state index in [4.69, 9.17) is 5.73 Å². The summed E-state index contributed by atoms with van der Waals surface area (Å²) in [6, 6.07) is 10.5. The Morgan fingerprint density at radius 3 is 2.41 bits per heavy atom. The molecule has 0 saturated carbocycles. The summed E-state index contributed by atoms with van der Waals surface area (Å²) in [5.74, 6) is -0.416. The molecule has 0 aliphatic rings. The number of nitrogen functional groups attached to an aromatic ring is 1. The highest BCUT2D eigenvalue weighted by Crippen LogP contribution is 2.24. The van der Waals surface area contributed by atoms with Crippen LogP contribution >= 0.6 is 15.9 Å². The van der Waals surface area contributed by atoms with E-state index in [1.807, 2.05) is 25.1 Å². The van der Waals surface area contributed by atoms with Crippen molar-refractivity contribution in [1.82, 2.24) is 0 Å². The first-order valence-electron chi connectivity index (χ1n) is 5.14. The van der Waals surface area contributed by atoms with Crippen molar-refractivity contribution in [2.75, 3.05) is 11.1 Å². The molecule has 2 aromatic carbocycles. The first-order chi connectivity index (χ1) is 8.06. The van der Waals surface area contributed by atoms with Crippen LogP contribution < -0.4 is 11.1 Å². The molecular formula is C13H12BrFN2. The SMILES string of the molecule is Cc1ccc(Nc2ccc(N)c(F)c2)cc1Br. The van der Waals surface area contributed by atoms with E-state index in [0.29, 0.717) is 5.69 Å². The fraction of sp³-hybridized carbons (Fsp3) is 0.0769. The second-order valence-electron chi connectivity index (χ2n) is 3.83. The van der Waals surface area contributed by atoms with Crippen molar-refractivity contribution in [1.29, 1.82) is 0 Å². The molecule has 2 aromatic rings. The fourth-order valence-electron chi connectivity index (χ4n) is 1.44. The molecule has 0 spiro atoms. The van der Waals surface area contributed by atoms with Gasteiger partial charge in [-0.15, -0.1) is 0 Å². The molecule has 88 valence electrons. The van der Waals surface area contributed by atoms with Crippen molar-refractivity contribution in [3.8, 4) is 0 Å². The number of rotatable bonds is 2. The van der Waals surface area contributed by atoms with Crippen LogP contribution in [-0.4, -0.2) is 0 Å². The van der Waals surface area contributed by atoms with E-state index in [1.54, 1.807) is 12.1 Å². The van der Waals surface area contributed by atoms with Gasteiger partial charge in [0.05, 0.1) is 5.69 Å². The molecule has 0 saturated heterocycles. The van der Waals surface area contributed by atoms with E-state index in [2.05, 4.69) is 21.2 Å². The molecule has 2 nitrogen and oxygen atoms in total. The van der Waals surface area contributed by atoms with E-state index in [-0.39, 0.29) is 5.69 Å². The van der Waals surface area contributed by atoms with Gasteiger partial charge >= 0.3 is 0 Å². The number of hydrogen-bond acceptors (Lipinski definition) is 2. The van der Waals surface area contributed by atoms with Crippen LogP contribution in [0.3, 0.4) is 0 Å². The van der Waals surface area contributed by atoms with E-state index >= 15 is 0 Å². The summed E-state index contributed by atoms with van der Waals surface area (Å²) >= 11 is 3.45. The maximum atomic E-state index is 13.3. The summed E-state index contributed by atoms with van der Waals surface area (Å²) in [5, 5.41) is 3.11. The van der Waals surface area contributed by atoms with Crippen molar-refractivity contribution in [2.24, 2.45) is 0 Å². The molecule has 0 radical (unpaired) electrons. The van der Waals surface area contributed by atoms with Crippen LogP contribution in [0.4, 0.5) is 21.5 Å². The molecule has 17 heavy (non-hydrogen) atoms. The van der Waals surface area contributed by atoms with Crippen LogP contribution in [0.5, 0.6) is 0 Å². The molecule has 0 atom stereocenters. The van der Waals surface area contributed by atoms with Crippen LogP contribution in [0.15, 0.2) is 40.9 Å². The highest BCUT2D eigenvalue weighted by molar-refractivity contribution is 9.10. The van der Waals surface area contributed by atoms with E-state index < -0.39 is 5.82 Å². The first-order valence-corrected chi connectivity index (χ1v) is 5.94. The summed E-state index contributed by atoms with van der Waals surface area (Å²) in [4.78, 5) is 0. The molecule has 0 aliphatic heterocycles. The Morgan fingerprint density at radius 2 is 1.76 bits per heavy atom. The van der Waals surface area contributed by atoms with Crippen LogP contribution in [0.1, 0.15) is 5.56 Å². The van der Waals surface area contributed by atoms with E-state index in [9.17, 15) is 4.39 Å². The normalized spacial score (nSPS) is 10.3. The Labute approximate surface area is 108 Å². The number of nitrogens with two attached hydrogens (primary N) is 1. The van der Waals surface area contributed by atoms with Gasteiger partial charge in [0.15, 0.2) is 0 Å².